The van der Waals surface area contributed by atoms with Gasteiger partial charge < -0.3 is 33.3 Å². The van der Waals surface area contributed by atoms with E-state index in [0.29, 0.717) is 17.4 Å². The Balaban J connectivity index is 4.15. The summed E-state index contributed by atoms with van der Waals surface area (Å²) >= 11 is 0. The Morgan fingerprint density at radius 3 is 0.920 bits per heavy atom. The highest BCUT2D eigenvalue weighted by Crippen LogP contribution is 2.16. The van der Waals surface area contributed by atoms with E-state index in [1.807, 2.05) is 21.1 Å². The monoisotopic (exact) mass is 1210 g/mol. The summed E-state index contributed by atoms with van der Waals surface area (Å²) in [5.41, 5.74) is 0. The van der Waals surface area contributed by atoms with Crippen molar-refractivity contribution in [1.82, 2.24) is 0 Å². The molecule has 2 atom stereocenters. The number of hydrogen-bond acceptors (Lipinski definition) is 8. The van der Waals surface area contributed by atoms with Crippen LogP contribution in [0.2, 0.25) is 0 Å². The number of allylic oxidation sites excluding steroid dienone is 24. The largest absolute Gasteiger partial charge is 0.545 e. The molecule has 0 N–H and O–H groups in total. The molecule has 0 radical (unpaired) electrons. The third-order valence-corrected chi connectivity index (χ3v) is 14.6. The van der Waals surface area contributed by atoms with Crippen molar-refractivity contribution in [2.75, 3.05) is 47.5 Å². The first-order valence-corrected chi connectivity index (χ1v) is 35.0. The van der Waals surface area contributed by atoms with Crippen LogP contribution in [0.3, 0.4) is 0 Å². The summed E-state index contributed by atoms with van der Waals surface area (Å²) in [5, 5.41) is 11.8. The predicted octanol–water partition coefficient (Wildman–Crippen LogP) is 20.6. The lowest BCUT2D eigenvalue weighted by molar-refractivity contribution is -0.870. The molecule has 0 aliphatic heterocycles. The number of aliphatic carboxylic acids is 1. The van der Waals surface area contributed by atoms with Gasteiger partial charge in [0.15, 0.2) is 12.4 Å². The van der Waals surface area contributed by atoms with Crippen LogP contribution in [-0.4, -0.2) is 82.3 Å². The number of rotatable bonds is 63. The number of carboxylic acid groups (broad SMARTS) is 1. The number of esters is 2. The lowest BCUT2D eigenvalue weighted by Crippen LogP contribution is -2.44. The minimum absolute atomic E-state index is 0.141. The highest BCUT2D eigenvalue weighted by molar-refractivity contribution is 5.70. The Morgan fingerprint density at radius 2 is 0.621 bits per heavy atom. The van der Waals surface area contributed by atoms with E-state index in [1.165, 1.54) is 116 Å². The van der Waals surface area contributed by atoms with E-state index in [9.17, 15) is 19.5 Å². The van der Waals surface area contributed by atoms with E-state index < -0.39 is 24.3 Å². The van der Waals surface area contributed by atoms with Crippen molar-refractivity contribution in [3.8, 4) is 0 Å². The van der Waals surface area contributed by atoms with Gasteiger partial charge in [0.1, 0.15) is 13.2 Å². The third-order valence-electron chi connectivity index (χ3n) is 14.6. The molecule has 0 amide bonds. The van der Waals surface area contributed by atoms with E-state index in [2.05, 4.69) is 160 Å². The van der Waals surface area contributed by atoms with Crippen LogP contribution in [0.1, 0.15) is 271 Å². The van der Waals surface area contributed by atoms with Gasteiger partial charge in [-0.3, -0.25) is 9.59 Å². The van der Waals surface area contributed by atoms with Gasteiger partial charge in [0.2, 0.25) is 0 Å². The Kier molecular flexibility index (Phi) is 63.4. The van der Waals surface area contributed by atoms with Crippen molar-refractivity contribution in [2.45, 2.75) is 283 Å². The van der Waals surface area contributed by atoms with E-state index in [-0.39, 0.29) is 38.6 Å². The molecule has 0 aromatic carbocycles. The van der Waals surface area contributed by atoms with Gasteiger partial charge in [-0.05, 0) is 116 Å². The smallest absolute Gasteiger partial charge is 0.306 e. The number of ether oxygens (including phenoxy) is 4. The minimum atomic E-state index is -1.63. The fraction of sp³-hybridized carbons (Fsp3) is 0.654. The summed E-state index contributed by atoms with van der Waals surface area (Å²) in [4.78, 5) is 37.5. The van der Waals surface area contributed by atoms with Crippen LogP contribution in [0.15, 0.2) is 146 Å². The first kappa shape index (κ1) is 82.2. The zero-order chi connectivity index (χ0) is 63.3. The summed E-state index contributed by atoms with van der Waals surface area (Å²) in [6.07, 6.45) is 94.9. The molecular weight excluding hydrogens is 1080 g/mol. The van der Waals surface area contributed by atoms with Crippen molar-refractivity contribution in [3.05, 3.63) is 146 Å². The molecule has 0 aliphatic rings. The zero-order valence-corrected chi connectivity index (χ0v) is 56.3. The van der Waals surface area contributed by atoms with Gasteiger partial charge in [0, 0.05) is 12.8 Å². The fourth-order valence-corrected chi connectivity index (χ4v) is 9.31. The Bertz CT molecular complexity index is 1940. The van der Waals surface area contributed by atoms with Gasteiger partial charge in [-0.25, -0.2) is 0 Å². The number of unbranched alkanes of at least 4 members (excludes halogenated alkanes) is 24. The molecule has 2 unspecified atom stereocenters. The lowest BCUT2D eigenvalue weighted by Gasteiger charge is -2.26. The maximum Gasteiger partial charge on any atom is 0.306 e. The molecule has 0 saturated heterocycles. The van der Waals surface area contributed by atoms with Crippen LogP contribution >= 0.6 is 0 Å². The van der Waals surface area contributed by atoms with Crippen LogP contribution in [-0.2, 0) is 33.3 Å². The van der Waals surface area contributed by atoms with Gasteiger partial charge in [-0.15, -0.1) is 0 Å². The van der Waals surface area contributed by atoms with E-state index in [0.717, 1.165) is 122 Å². The predicted molar refractivity (Wildman–Crippen MR) is 370 cm³/mol. The summed E-state index contributed by atoms with van der Waals surface area (Å²) in [6, 6.07) is 0. The highest BCUT2D eigenvalue weighted by atomic mass is 16.7. The van der Waals surface area contributed by atoms with E-state index in [1.54, 1.807) is 0 Å². The second kappa shape index (κ2) is 67.1. The average molecular weight is 1210 g/mol. The normalized spacial score (nSPS) is 13.6. The van der Waals surface area contributed by atoms with Crippen molar-refractivity contribution >= 4 is 17.9 Å². The first-order valence-electron chi connectivity index (χ1n) is 35.0. The number of carbonyl (C=O) groups excluding carboxylic acids is 3. The van der Waals surface area contributed by atoms with Gasteiger partial charge in [-0.1, -0.05) is 288 Å². The second-order valence-electron chi connectivity index (χ2n) is 24.1. The molecule has 0 heterocycles. The van der Waals surface area contributed by atoms with Crippen LogP contribution in [0.25, 0.3) is 0 Å². The molecule has 0 aromatic rings. The minimum Gasteiger partial charge on any atom is -0.545 e. The molecule has 0 fully saturated rings. The maximum absolute atomic E-state index is 12.9. The van der Waals surface area contributed by atoms with Crippen molar-refractivity contribution in [3.63, 3.8) is 0 Å². The molecule has 0 aromatic heterocycles. The topological polar surface area (TPSA) is 111 Å². The molecule has 0 rings (SSSR count). The van der Waals surface area contributed by atoms with Gasteiger partial charge in [-0.2, -0.15) is 0 Å². The molecule has 87 heavy (non-hydrogen) atoms. The van der Waals surface area contributed by atoms with E-state index >= 15 is 0 Å². The SMILES string of the molecule is CC/C=C\C/C=C\C/C=C\C/C=C\C/C=C\C/C=C\C/C=C\CCCCCCCCCCCCCCCC(=O)OC(COC(=O)CCCCCCCCCCCCC/C=C\C/C=C\C/C=C\C/C=C\C/C=C\CC)COC(OCC[N+](C)(C)C)C(=O)[O-]. The Morgan fingerprint density at radius 1 is 0.345 bits per heavy atom. The average Bonchev–Trinajstić information content (AvgIpc) is 3.56. The molecule has 0 aliphatic carbocycles. The van der Waals surface area contributed by atoms with Crippen LogP contribution < -0.4 is 5.11 Å². The van der Waals surface area contributed by atoms with E-state index in [4.69, 9.17) is 18.9 Å². The Hall–Kier alpha value is -4.83. The fourth-order valence-electron chi connectivity index (χ4n) is 9.31. The summed E-state index contributed by atoms with van der Waals surface area (Å²) in [5.74, 6) is -2.29. The maximum atomic E-state index is 12.9. The van der Waals surface area contributed by atoms with Crippen LogP contribution in [0.4, 0.5) is 0 Å². The van der Waals surface area contributed by atoms with Crippen molar-refractivity contribution in [1.29, 1.82) is 0 Å². The van der Waals surface area contributed by atoms with Gasteiger partial charge in [0.05, 0.1) is 40.3 Å². The standard InChI is InChI=1S/C78H129NO8/c1-6-8-10-12-14-16-18-20-22-24-26-28-30-32-34-35-36-37-38-39-40-41-43-45-47-49-51-53-55-57-59-61-63-65-67-69-76(81)87-74(73-86-78(77(82)83)84-71-70-79(3,4)5)72-85-75(80)68-66-64-62-60-58-56-54-52-50-48-46-44-42-33-31-29-27-25-23-21-19-17-15-13-11-9-7-2/h8-11,14-17,20-23,26-29,32-34,36-37,39-40,42,74,78H,6-7,12-13,18-19,24-25,30-31,35,38,41,43-73H2,1-5H3/b10-8-,11-9-,16-14-,17-15-,22-20-,23-21-,28-26-,29-27-,34-32-,37-36-,40-39-,42-33-. The number of carbonyl (C=O) groups is 3. The summed E-state index contributed by atoms with van der Waals surface area (Å²) in [7, 11) is 5.92. The molecule has 0 saturated carbocycles. The first-order chi connectivity index (χ1) is 42.6. The zero-order valence-electron chi connectivity index (χ0n) is 56.3. The number of hydrogen-bond donors (Lipinski definition) is 0. The molecule has 494 valence electrons. The molecule has 0 bridgehead atoms. The molecular formula is C78H129NO8. The summed E-state index contributed by atoms with van der Waals surface area (Å²) in [6.45, 7) is 4.52. The Labute approximate surface area is 534 Å². The molecule has 9 heteroatoms. The summed E-state index contributed by atoms with van der Waals surface area (Å²) < 4.78 is 22.8. The quantitative estimate of drug-likeness (QED) is 0.0195. The van der Waals surface area contributed by atoms with Gasteiger partial charge in [0.25, 0.3) is 0 Å². The van der Waals surface area contributed by atoms with Crippen molar-refractivity contribution in [2.24, 2.45) is 0 Å². The number of quaternary nitrogens is 1. The number of likely N-dealkylation sites (N-methyl/N-ethyl adjacent to an activating group) is 1. The van der Waals surface area contributed by atoms with Gasteiger partial charge >= 0.3 is 11.9 Å². The van der Waals surface area contributed by atoms with Crippen LogP contribution in [0.5, 0.6) is 0 Å². The molecule has 0 spiro atoms. The highest BCUT2D eigenvalue weighted by Gasteiger charge is 2.22. The third kappa shape index (κ3) is 68.5. The second-order valence-corrected chi connectivity index (χ2v) is 24.1. The van der Waals surface area contributed by atoms with Crippen LogP contribution in [0, 0.1) is 0 Å². The van der Waals surface area contributed by atoms with Crippen molar-refractivity contribution < 1.29 is 42.9 Å². The lowest BCUT2D eigenvalue weighted by atomic mass is 10.0. The number of carboxylic acids is 1. The number of nitrogens with zero attached hydrogens (tertiary/aromatic N) is 1. The molecule has 9 nitrogen and oxygen atoms in total.